The third kappa shape index (κ3) is 6.01. The Labute approximate surface area is 246 Å². The summed E-state index contributed by atoms with van der Waals surface area (Å²) in [7, 11) is 1.50. The molecule has 0 radical (unpaired) electrons. The molecular weight excluding hydrogens is 569 g/mol. The van der Waals surface area contributed by atoms with Crippen LogP contribution in [0, 0.1) is 0 Å². The van der Waals surface area contributed by atoms with E-state index < -0.39 is 23.6 Å². The number of carbonyl (C=O) groups excluding carboxylic acids is 2. The highest BCUT2D eigenvalue weighted by atomic mass is 35.5. The minimum atomic E-state index is -4.62. The second-order valence-electron chi connectivity index (χ2n) is 10.1. The summed E-state index contributed by atoms with van der Waals surface area (Å²) in [6.07, 6.45) is -3.01. The molecule has 2 aliphatic rings. The van der Waals surface area contributed by atoms with E-state index in [4.69, 9.17) is 21.1 Å². The van der Waals surface area contributed by atoms with Crippen LogP contribution in [0.2, 0.25) is 5.02 Å². The van der Waals surface area contributed by atoms with Gasteiger partial charge in [-0.1, -0.05) is 48.0 Å². The maximum atomic E-state index is 13.8. The second kappa shape index (κ2) is 11.9. The van der Waals surface area contributed by atoms with E-state index in [1.54, 1.807) is 25.1 Å². The molecular formula is C32H28ClF3N2O4. The summed E-state index contributed by atoms with van der Waals surface area (Å²) in [6.45, 7) is 2.01. The Kier molecular flexibility index (Phi) is 8.31. The van der Waals surface area contributed by atoms with Crippen molar-refractivity contribution < 1.29 is 32.2 Å². The van der Waals surface area contributed by atoms with E-state index in [2.05, 4.69) is 10.6 Å². The Hall–Kier alpha value is -4.24. The molecule has 0 spiro atoms. The van der Waals surface area contributed by atoms with Crippen molar-refractivity contribution in [2.24, 2.45) is 0 Å². The quantitative estimate of drug-likeness (QED) is 0.294. The van der Waals surface area contributed by atoms with Crippen molar-refractivity contribution in [2.45, 2.75) is 44.9 Å². The summed E-state index contributed by atoms with van der Waals surface area (Å²) < 4.78 is 51.8. The minimum Gasteiger partial charge on any atom is -0.493 e. The van der Waals surface area contributed by atoms with Crippen LogP contribution in [0.25, 0.3) is 0 Å². The fourth-order valence-corrected chi connectivity index (χ4v) is 5.49. The van der Waals surface area contributed by atoms with Crippen molar-refractivity contribution in [3.05, 3.63) is 111 Å². The molecule has 42 heavy (non-hydrogen) atoms. The van der Waals surface area contributed by atoms with Crippen molar-refractivity contribution in [2.75, 3.05) is 12.4 Å². The molecule has 0 aromatic heterocycles. The van der Waals surface area contributed by atoms with Gasteiger partial charge in [-0.2, -0.15) is 13.2 Å². The van der Waals surface area contributed by atoms with Crippen LogP contribution in [0.5, 0.6) is 11.5 Å². The van der Waals surface area contributed by atoms with Gasteiger partial charge >= 0.3 is 6.18 Å². The highest BCUT2D eigenvalue weighted by Crippen LogP contribution is 2.45. The maximum absolute atomic E-state index is 13.8. The predicted molar refractivity (Wildman–Crippen MR) is 153 cm³/mol. The average molecular weight is 597 g/mol. The number of methoxy groups -OCH3 is 1. The zero-order valence-corrected chi connectivity index (χ0v) is 23.7. The molecule has 10 heteroatoms. The minimum absolute atomic E-state index is 0.0508. The number of alkyl halides is 3. The first kappa shape index (κ1) is 29.3. The summed E-state index contributed by atoms with van der Waals surface area (Å²) in [5, 5.41) is 5.70. The Morgan fingerprint density at radius 2 is 1.81 bits per heavy atom. The molecule has 0 saturated carbocycles. The zero-order valence-electron chi connectivity index (χ0n) is 22.9. The topological polar surface area (TPSA) is 76.7 Å². The lowest BCUT2D eigenvalue weighted by Gasteiger charge is -2.34. The van der Waals surface area contributed by atoms with Gasteiger partial charge in [0.1, 0.15) is 6.61 Å². The van der Waals surface area contributed by atoms with Crippen molar-refractivity contribution in [1.82, 2.24) is 5.32 Å². The zero-order chi connectivity index (χ0) is 30.0. The number of hydrogen-bond donors (Lipinski definition) is 2. The number of dihydropyridines is 1. The van der Waals surface area contributed by atoms with E-state index >= 15 is 0 Å². The molecule has 2 N–H and O–H groups in total. The second-order valence-corrected chi connectivity index (χ2v) is 10.5. The first-order valence-corrected chi connectivity index (χ1v) is 13.7. The van der Waals surface area contributed by atoms with Gasteiger partial charge in [0, 0.05) is 34.9 Å². The average Bonchev–Trinajstić information content (AvgIpc) is 2.96. The first-order valence-electron chi connectivity index (χ1n) is 13.3. The fraction of sp³-hybridized carbons (Fsp3) is 0.250. The number of carbonyl (C=O) groups is 2. The van der Waals surface area contributed by atoms with Crippen LogP contribution in [0.1, 0.15) is 48.8 Å². The predicted octanol–water partition coefficient (Wildman–Crippen LogP) is 7.55. The van der Waals surface area contributed by atoms with Crippen molar-refractivity contribution in [1.29, 1.82) is 0 Å². The molecule has 3 aromatic rings. The van der Waals surface area contributed by atoms with Crippen LogP contribution in [-0.2, 0) is 22.4 Å². The Balaban J connectivity index is 1.53. The number of rotatable bonds is 7. The molecule has 1 aliphatic carbocycles. The molecule has 1 heterocycles. The van der Waals surface area contributed by atoms with Crippen LogP contribution >= 0.6 is 11.6 Å². The molecule has 1 amide bonds. The van der Waals surface area contributed by atoms with Gasteiger partial charge in [-0.05, 0) is 61.2 Å². The molecule has 0 saturated heterocycles. The van der Waals surface area contributed by atoms with Gasteiger partial charge in [0.15, 0.2) is 17.3 Å². The van der Waals surface area contributed by atoms with Crippen LogP contribution in [0.15, 0.2) is 89.3 Å². The number of ether oxygens (including phenoxy) is 2. The van der Waals surface area contributed by atoms with Gasteiger partial charge in [0.05, 0.1) is 23.4 Å². The number of amides is 1. The summed E-state index contributed by atoms with van der Waals surface area (Å²) in [6, 6.07) is 17.6. The SMILES string of the molecule is COc1cc([C@H]2C(C(=O)Nc3cc(C(F)(F)F)ccc3Cl)=C(C)NC3=C2C(=O)CCC3)ccc1OCc1ccccc1. The first-order chi connectivity index (χ1) is 20.1. The van der Waals surface area contributed by atoms with E-state index in [0.29, 0.717) is 54.2 Å². The third-order valence-corrected chi connectivity index (χ3v) is 7.65. The number of halogens is 4. The number of ketones is 1. The van der Waals surface area contributed by atoms with Gasteiger partial charge < -0.3 is 20.1 Å². The van der Waals surface area contributed by atoms with Crippen LogP contribution in [0.3, 0.4) is 0 Å². The Morgan fingerprint density at radius 1 is 1.05 bits per heavy atom. The van der Waals surface area contributed by atoms with Gasteiger partial charge in [0.25, 0.3) is 5.91 Å². The third-order valence-electron chi connectivity index (χ3n) is 7.32. The smallest absolute Gasteiger partial charge is 0.416 e. The lowest BCUT2D eigenvalue weighted by atomic mass is 9.75. The molecule has 1 atom stereocenters. The molecule has 1 aliphatic heterocycles. The standard InChI is InChI=1S/C32H28ClF3N2O4/c1-18-28(31(40)38-24-16-21(32(34,35)36)12-13-22(24)33)29(30-23(37-18)9-6-10-25(30)39)20-11-14-26(27(15-20)41-2)42-17-19-7-4-3-5-8-19/h3-5,7-8,11-16,29,37H,6,9-10,17H2,1-2H3,(H,38,40)/t29-/m0/s1. The fourth-order valence-electron chi connectivity index (χ4n) is 5.32. The van der Waals surface area contributed by atoms with Crippen LogP contribution in [-0.4, -0.2) is 18.8 Å². The summed E-state index contributed by atoms with van der Waals surface area (Å²) >= 11 is 6.18. The number of nitrogens with one attached hydrogen (secondary N) is 2. The normalized spacial score (nSPS) is 17.0. The van der Waals surface area contributed by atoms with Gasteiger partial charge in [-0.3, -0.25) is 9.59 Å². The van der Waals surface area contributed by atoms with Crippen LogP contribution < -0.4 is 20.1 Å². The highest BCUT2D eigenvalue weighted by Gasteiger charge is 2.39. The van der Waals surface area contributed by atoms with Gasteiger partial charge in [-0.15, -0.1) is 0 Å². The van der Waals surface area contributed by atoms with E-state index in [1.165, 1.54) is 7.11 Å². The van der Waals surface area contributed by atoms with Gasteiger partial charge in [0.2, 0.25) is 0 Å². The molecule has 0 fully saturated rings. The molecule has 218 valence electrons. The largest absolute Gasteiger partial charge is 0.493 e. The Morgan fingerprint density at radius 3 is 2.52 bits per heavy atom. The molecule has 3 aromatic carbocycles. The molecule has 0 unspecified atom stereocenters. The van der Waals surface area contributed by atoms with E-state index in [-0.39, 0.29) is 22.1 Å². The van der Waals surface area contributed by atoms with Gasteiger partial charge in [-0.25, -0.2) is 0 Å². The van der Waals surface area contributed by atoms with Crippen molar-refractivity contribution in [3.8, 4) is 11.5 Å². The monoisotopic (exact) mass is 596 g/mol. The lowest BCUT2D eigenvalue weighted by Crippen LogP contribution is -2.35. The number of hydrogen-bond acceptors (Lipinski definition) is 5. The van der Waals surface area contributed by atoms with E-state index in [1.807, 2.05) is 30.3 Å². The van der Waals surface area contributed by atoms with Crippen LogP contribution in [0.4, 0.5) is 18.9 Å². The number of anilines is 1. The summed E-state index contributed by atoms with van der Waals surface area (Å²) in [5.41, 5.74) is 2.29. The highest BCUT2D eigenvalue weighted by molar-refractivity contribution is 6.34. The van der Waals surface area contributed by atoms with E-state index in [0.717, 1.165) is 29.5 Å². The number of allylic oxidation sites excluding steroid dienone is 3. The summed E-state index contributed by atoms with van der Waals surface area (Å²) in [5.74, 6) is -0.696. The Bertz CT molecular complexity index is 1600. The number of benzene rings is 3. The van der Waals surface area contributed by atoms with Crippen molar-refractivity contribution in [3.63, 3.8) is 0 Å². The molecule has 5 rings (SSSR count). The number of Topliss-reactive ketones (excluding diaryl/α,β-unsaturated/α-hetero) is 1. The summed E-state index contributed by atoms with van der Waals surface area (Å²) in [4.78, 5) is 27.1. The van der Waals surface area contributed by atoms with E-state index in [9.17, 15) is 22.8 Å². The lowest BCUT2D eigenvalue weighted by molar-refractivity contribution is -0.137. The molecule has 0 bridgehead atoms. The van der Waals surface area contributed by atoms with Crippen molar-refractivity contribution >= 4 is 29.0 Å². The molecule has 6 nitrogen and oxygen atoms in total. The maximum Gasteiger partial charge on any atom is 0.416 e.